The van der Waals surface area contributed by atoms with Crippen molar-refractivity contribution in [2.24, 2.45) is 0 Å². The summed E-state index contributed by atoms with van der Waals surface area (Å²) in [5, 5.41) is 12.5. The summed E-state index contributed by atoms with van der Waals surface area (Å²) in [6, 6.07) is -0.296. The normalized spacial score (nSPS) is 45.2. The molecule has 0 aromatic heterocycles. The van der Waals surface area contributed by atoms with E-state index in [1.165, 1.54) is 0 Å². The molecule has 2 saturated heterocycles. The van der Waals surface area contributed by atoms with Crippen LogP contribution in [0.15, 0.2) is 0 Å². The van der Waals surface area contributed by atoms with Crippen LogP contribution in [0.2, 0.25) is 0 Å². The quantitative estimate of drug-likeness (QED) is 0.608. The van der Waals surface area contributed by atoms with Crippen molar-refractivity contribution in [3.05, 3.63) is 0 Å². The van der Waals surface area contributed by atoms with E-state index >= 15 is 0 Å². The summed E-state index contributed by atoms with van der Waals surface area (Å²) in [4.78, 5) is 0. The number of nitrogens with one attached hydrogen (secondary N) is 1. The van der Waals surface area contributed by atoms with Crippen molar-refractivity contribution in [1.29, 1.82) is 0 Å². The fourth-order valence-corrected chi connectivity index (χ4v) is 2.35. The van der Waals surface area contributed by atoms with Crippen LogP contribution in [0.1, 0.15) is 25.7 Å². The van der Waals surface area contributed by atoms with E-state index in [0.29, 0.717) is 0 Å². The van der Waals surface area contributed by atoms with Crippen LogP contribution in [0.5, 0.6) is 0 Å². The molecule has 2 rings (SSSR count). The zero-order chi connectivity index (χ0) is 9.69. The topological polar surface area (TPSA) is 32.3 Å². The van der Waals surface area contributed by atoms with Gasteiger partial charge in [-0.3, -0.25) is 0 Å². The number of alkyl halides is 3. The van der Waals surface area contributed by atoms with E-state index in [4.69, 9.17) is 0 Å². The summed E-state index contributed by atoms with van der Waals surface area (Å²) in [6.07, 6.45) is -3.35. The summed E-state index contributed by atoms with van der Waals surface area (Å²) in [5.41, 5.74) is -2.44. The highest BCUT2D eigenvalue weighted by molar-refractivity contribution is 5.03. The van der Waals surface area contributed by atoms with Gasteiger partial charge in [0.05, 0.1) is 0 Å². The van der Waals surface area contributed by atoms with Crippen molar-refractivity contribution in [2.45, 2.75) is 49.5 Å². The molecule has 2 heterocycles. The Balaban J connectivity index is 2.17. The van der Waals surface area contributed by atoms with Gasteiger partial charge in [-0.05, 0) is 12.8 Å². The first-order valence-corrected chi connectivity index (χ1v) is 4.46. The van der Waals surface area contributed by atoms with Crippen LogP contribution in [0, 0.1) is 0 Å². The van der Waals surface area contributed by atoms with Gasteiger partial charge in [-0.2, -0.15) is 13.2 Å². The van der Waals surface area contributed by atoms with Crippen LogP contribution in [-0.4, -0.2) is 29.0 Å². The number of hydrogen-bond acceptors (Lipinski definition) is 2. The lowest BCUT2D eigenvalue weighted by Gasteiger charge is -2.38. The first-order chi connectivity index (χ1) is 5.91. The molecule has 2 aliphatic heterocycles. The number of fused-ring (bicyclic) bond motifs is 2. The largest absolute Gasteiger partial charge is 0.417 e. The number of hydrogen-bond donors (Lipinski definition) is 2. The van der Waals surface area contributed by atoms with E-state index in [-0.39, 0.29) is 24.9 Å². The fraction of sp³-hybridized carbons (Fsp3) is 1.00. The second kappa shape index (κ2) is 2.60. The first kappa shape index (κ1) is 9.27. The standard InChI is InChI=1S/C8H12F3NO/c9-8(10,11)7(13)3-5-1-2-6(4-7)12-5/h5-6,12-13H,1-4H2/t5-,6+,7-. The molecular weight excluding hydrogens is 183 g/mol. The number of halogens is 3. The zero-order valence-corrected chi connectivity index (χ0v) is 7.06. The van der Waals surface area contributed by atoms with Crippen LogP contribution >= 0.6 is 0 Å². The molecule has 0 aromatic carbocycles. The van der Waals surface area contributed by atoms with Gasteiger partial charge in [0.15, 0.2) is 5.60 Å². The van der Waals surface area contributed by atoms with Gasteiger partial charge in [0.1, 0.15) is 0 Å². The number of piperidine rings is 1. The first-order valence-electron chi connectivity index (χ1n) is 4.46. The fourth-order valence-electron chi connectivity index (χ4n) is 2.35. The van der Waals surface area contributed by atoms with Gasteiger partial charge in [-0.15, -0.1) is 0 Å². The molecule has 13 heavy (non-hydrogen) atoms. The van der Waals surface area contributed by atoms with Gasteiger partial charge < -0.3 is 10.4 Å². The molecule has 2 fully saturated rings. The summed E-state index contributed by atoms with van der Waals surface area (Å²) in [5.74, 6) is 0. The Morgan fingerprint density at radius 3 is 2.00 bits per heavy atom. The van der Waals surface area contributed by atoms with Gasteiger partial charge in [0, 0.05) is 24.9 Å². The van der Waals surface area contributed by atoms with Gasteiger partial charge in [-0.25, -0.2) is 0 Å². The van der Waals surface area contributed by atoms with Crippen LogP contribution in [0.4, 0.5) is 13.2 Å². The summed E-state index contributed by atoms with van der Waals surface area (Å²) < 4.78 is 37.3. The molecule has 0 aromatic rings. The molecule has 2 N–H and O–H groups in total. The smallest absolute Gasteiger partial charge is 0.380 e. The van der Waals surface area contributed by atoms with Crippen molar-refractivity contribution in [1.82, 2.24) is 5.32 Å². The van der Waals surface area contributed by atoms with E-state index < -0.39 is 11.8 Å². The van der Waals surface area contributed by atoms with E-state index in [0.717, 1.165) is 12.8 Å². The van der Waals surface area contributed by atoms with Crippen molar-refractivity contribution in [2.75, 3.05) is 0 Å². The third-order valence-corrected chi connectivity index (χ3v) is 3.03. The monoisotopic (exact) mass is 195 g/mol. The minimum absolute atomic E-state index is 0.148. The lowest BCUT2D eigenvalue weighted by Crippen LogP contribution is -2.56. The maximum Gasteiger partial charge on any atom is 0.417 e. The van der Waals surface area contributed by atoms with E-state index in [1.54, 1.807) is 0 Å². The molecule has 2 aliphatic rings. The molecule has 5 heteroatoms. The Bertz CT molecular complexity index is 204. The summed E-state index contributed by atoms with van der Waals surface area (Å²) >= 11 is 0. The number of aliphatic hydroxyl groups is 1. The zero-order valence-electron chi connectivity index (χ0n) is 7.06. The molecule has 0 amide bonds. The van der Waals surface area contributed by atoms with E-state index in [1.807, 2.05) is 0 Å². The summed E-state index contributed by atoms with van der Waals surface area (Å²) in [7, 11) is 0. The highest BCUT2D eigenvalue weighted by atomic mass is 19.4. The van der Waals surface area contributed by atoms with Gasteiger partial charge in [0.25, 0.3) is 0 Å². The maximum absolute atomic E-state index is 12.4. The Labute approximate surface area is 74.1 Å². The van der Waals surface area contributed by atoms with Gasteiger partial charge in [0.2, 0.25) is 0 Å². The van der Waals surface area contributed by atoms with Crippen LogP contribution in [-0.2, 0) is 0 Å². The minimum Gasteiger partial charge on any atom is -0.380 e. The maximum atomic E-state index is 12.4. The van der Waals surface area contributed by atoms with Crippen molar-refractivity contribution in [3.63, 3.8) is 0 Å². The minimum atomic E-state index is -4.48. The highest BCUT2D eigenvalue weighted by Gasteiger charge is 2.58. The van der Waals surface area contributed by atoms with Gasteiger partial charge in [-0.1, -0.05) is 0 Å². The Morgan fingerprint density at radius 2 is 1.62 bits per heavy atom. The highest BCUT2D eigenvalue weighted by Crippen LogP contribution is 2.43. The lowest BCUT2D eigenvalue weighted by atomic mass is 9.87. The Morgan fingerprint density at radius 1 is 1.15 bits per heavy atom. The van der Waals surface area contributed by atoms with E-state index in [9.17, 15) is 18.3 Å². The van der Waals surface area contributed by atoms with Crippen LogP contribution in [0.3, 0.4) is 0 Å². The van der Waals surface area contributed by atoms with Crippen molar-refractivity contribution >= 4 is 0 Å². The molecule has 3 atom stereocenters. The van der Waals surface area contributed by atoms with Crippen LogP contribution in [0.25, 0.3) is 0 Å². The molecular formula is C8H12F3NO. The van der Waals surface area contributed by atoms with Crippen LogP contribution < -0.4 is 5.32 Å². The predicted molar refractivity (Wildman–Crippen MR) is 40.2 cm³/mol. The predicted octanol–water partition coefficient (Wildman–Crippen LogP) is 1.19. The average molecular weight is 195 g/mol. The second-order valence-corrected chi connectivity index (χ2v) is 4.08. The van der Waals surface area contributed by atoms with Gasteiger partial charge >= 0.3 is 6.18 Å². The SMILES string of the molecule is O[C@]1(C(F)(F)F)C[C@H]2CC[C@@H](C1)N2. The van der Waals surface area contributed by atoms with Crippen molar-refractivity contribution in [3.8, 4) is 0 Å². The number of rotatable bonds is 0. The Kier molecular flexibility index (Phi) is 1.86. The molecule has 2 bridgehead atoms. The molecule has 0 radical (unpaired) electrons. The molecule has 76 valence electrons. The molecule has 0 spiro atoms. The van der Waals surface area contributed by atoms with E-state index in [2.05, 4.69) is 5.32 Å². The van der Waals surface area contributed by atoms with Crippen molar-refractivity contribution < 1.29 is 18.3 Å². The average Bonchev–Trinajstić information content (AvgIpc) is 2.28. The molecule has 2 nitrogen and oxygen atoms in total. The third-order valence-electron chi connectivity index (χ3n) is 3.03. The second-order valence-electron chi connectivity index (χ2n) is 4.08. The lowest BCUT2D eigenvalue weighted by molar-refractivity contribution is -0.271. The third kappa shape index (κ3) is 1.44. The molecule has 0 unspecified atom stereocenters. The summed E-state index contributed by atoms with van der Waals surface area (Å²) in [6.45, 7) is 0. The Hall–Kier alpha value is -0.290. The molecule has 0 saturated carbocycles. The molecule has 0 aliphatic carbocycles.